The molecule has 0 saturated carbocycles. The highest BCUT2D eigenvalue weighted by Crippen LogP contribution is 2.36. The van der Waals surface area contributed by atoms with E-state index in [1.54, 1.807) is 47.0 Å². The van der Waals surface area contributed by atoms with Crippen LogP contribution in [0.25, 0.3) is 22.2 Å². The quantitative estimate of drug-likeness (QED) is 0.714. The van der Waals surface area contributed by atoms with Crippen molar-refractivity contribution in [1.82, 2.24) is 24.6 Å². The summed E-state index contributed by atoms with van der Waals surface area (Å²) in [5.74, 6) is -0.959. The first-order valence-corrected chi connectivity index (χ1v) is 8.50. The fourth-order valence-corrected chi connectivity index (χ4v) is 3.37. The van der Waals surface area contributed by atoms with E-state index in [1.165, 1.54) is 0 Å². The lowest BCUT2D eigenvalue weighted by Crippen LogP contribution is -2.22. The maximum absolute atomic E-state index is 12.6. The Morgan fingerprint density at radius 3 is 2.70 bits per heavy atom. The molecule has 0 aliphatic carbocycles. The van der Waals surface area contributed by atoms with Crippen LogP contribution in [0, 0.1) is 11.3 Å². The van der Waals surface area contributed by atoms with E-state index in [-0.39, 0.29) is 11.1 Å². The lowest BCUT2D eigenvalue weighted by molar-refractivity contribution is -0.122. The van der Waals surface area contributed by atoms with E-state index in [4.69, 9.17) is 0 Å². The Labute approximate surface area is 154 Å². The SMILES string of the molecule is CCC(C#N)n1cc(C2=C(c3ccn(C)n3)C(=O)NC2=O)c2cccnc21. The Balaban J connectivity index is 2.03. The number of imide groups is 1. The Bertz CT molecular complexity index is 1160. The average Bonchev–Trinajstić information content (AvgIpc) is 3.32. The van der Waals surface area contributed by atoms with Crippen molar-refractivity contribution in [3.63, 3.8) is 0 Å². The topological polar surface area (TPSA) is 106 Å². The second-order valence-electron chi connectivity index (χ2n) is 6.29. The molecule has 8 heteroatoms. The van der Waals surface area contributed by atoms with E-state index in [0.717, 1.165) is 0 Å². The number of carbonyl (C=O) groups excluding carboxylic acids is 2. The van der Waals surface area contributed by atoms with Gasteiger partial charge in [-0.2, -0.15) is 10.4 Å². The van der Waals surface area contributed by atoms with Crippen LogP contribution in [0.15, 0.2) is 36.8 Å². The van der Waals surface area contributed by atoms with Crippen molar-refractivity contribution in [2.45, 2.75) is 19.4 Å². The van der Waals surface area contributed by atoms with Crippen molar-refractivity contribution in [2.75, 3.05) is 0 Å². The van der Waals surface area contributed by atoms with Gasteiger partial charge in [0.05, 0.1) is 22.9 Å². The summed E-state index contributed by atoms with van der Waals surface area (Å²) in [6.45, 7) is 1.91. The number of carbonyl (C=O) groups is 2. The molecule has 27 heavy (non-hydrogen) atoms. The van der Waals surface area contributed by atoms with Gasteiger partial charge in [0.25, 0.3) is 11.8 Å². The first-order chi connectivity index (χ1) is 13.0. The molecule has 1 atom stereocenters. The maximum atomic E-state index is 12.6. The van der Waals surface area contributed by atoms with Gasteiger partial charge in [0.2, 0.25) is 0 Å². The van der Waals surface area contributed by atoms with Crippen LogP contribution in [0.2, 0.25) is 0 Å². The second kappa shape index (κ2) is 6.21. The zero-order chi connectivity index (χ0) is 19.1. The summed E-state index contributed by atoms with van der Waals surface area (Å²) in [6.07, 6.45) is 5.67. The molecule has 134 valence electrons. The van der Waals surface area contributed by atoms with Crippen molar-refractivity contribution in [2.24, 2.45) is 7.05 Å². The molecule has 2 amide bonds. The fourth-order valence-electron chi connectivity index (χ4n) is 3.37. The van der Waals surface area contributed by atoms with Gasteiger partial charge in [-0.25, -0.2) is 4.98 Å². The number of aryl methyl sites for hydroxylation is 1. The number of fused-ring (bicyclic) bond motifs is 1. The van der Waals surface area contributed by atoms with E-state index < -0.39 is 17.9 Å². The molecule has 0 bridgehead atoms. The highest BCUT2D eigenvalue weighted by molar-refractivity contribution is 6.49. The van der Waals surface area contributed by atoms with Crippen molar-refractivity contribution in [1.29, 1.82) is 5.26 Å². The molecule has 0 aromatic carbocycles. The van der Waals surface area contributed by atoms with Gasteiger partial charge in [-0.3, -0.25) is 19.6 Å². The molecule has 3 aromatic heterocycles. The van der Waals surface area contributed by atoms with Crippen LogP contribution < -0.4 is 5.32 Å². The van der Waals surface area contributed by atoms with Crippen molar-refractivity contribution < 1.29 is 9.59 Å². The summed E-state index contributed by atoms with van der Waals surface area (Å²) < 4.78 is 3.33. The largest absolute Gasteiger partial charge is 0.315 e. The van der Waals surface area contributed by atoms with E-state index in [0.29, 0.717) is 28.7 Å². The van der Waals surface area contributed by atoms with Gasteiger partial charge in [0, 0.05) is 36.6 Å². The number of rotatable bonds is 4. The number of nitrogens with one attached hydrogen (secondary N) is 1. The van der Waals surface area contributed by atoms with Crippen LogP contribution >= 0.6 is 0 Å². The molecule has 1 aliphatic rings. The van der Waals surface area contributed by atoms with E-state index >= 15 is 0 Å². The van der Waals surface area contributed by atoms with Crippen molar-refractivity contribution in [3.8, 4) is 6.07 Å². The highest BCUT2D eigenvalue weighted by Gasteiger charge is 2.35. The number of nitrogens with zero attached hydrogens (tertiary/aromatic N) is 5. The molecule has 4 rings (SSSR count). The number of amides is 2. The van der Waals surface area contributed by atoms with E-state index in [9.17, 15) is 14.9 Å². The number of aromatic nitrogens is 4. The predicted molar refractivity (Wildman–Crippen MR) is 97.8 cm³/mol. The lowest BCUT2D eigenvalue weighted by Gasteiger charge is -2.08. The highest BCUT2D eigenvalue weighted by atomic mass is 16.2. The van der Waals surface area contributed by atoms with Crippen LogP contribution in [0.4, 0.5) is 0 Å². The Morgan fingerprint density at radius 1 is 1.26 bits per heavy atom. The molecule has 0 fully saturated rings. The van der Waals surface area contributed by atoms with E-state index in [2.05, 4.69) is 21.5 Å². The summed E-state index contributed by atoms with van der Waals surface area (Å²) in [5, 5.41) is 16.8. The molecule has 0 radical (unpaired) electrons. The molecule has 1 N–H and O–H groups in total. The number of hydrogen-bond donors (Lipinski definition) is 1. The van der Waals surface area contributed by atoms with Gasteiger partial charge < -0.3 is 4.57 Å². The monoisotopic (exact) mass is 360 g/mol. The Morgan fingerprint density at radius 2 is 2.04 bits per heavy atom. The third-order valence-electron chi connectivity index (χ3n) is 4.63. The van der Waals surface area contributed by atoms with Gasteiger partial charge >= 0.3 is 0 Å². The van der Waals surface area contributed by atoms with Gasteiger partial charge in [-0.05, 0) is 24.6 Å². The minimum Gasteiger partial charge on any atom is -0.315 e. The molecule has 3 aromatic rings. The normalized spacial score (nSPS) is 15.3. The van der Waals surface area contributed by atoms with Crippen LogP contribution in [0.5, 0.6) is 0 Å². The first-order valence-electron chi connectivity index (χ1n) is 8.50. The lowest BCUT2D eigenvalue weighted by atomic mass is 10.00. The van der Waals surface area contributed by atoms with Crippen molar-refractivity contribution >= 4 is 34.0 Å². The standard InChI is InChI=1S/C19H16N6O2/c1-3-11(9-20)25-10-13(12-5-4-7-21-17(12)25)15-16(19(27)22-18(15)26)14-6-8-24(2)23-14/h4-8,10-11H,3H2,1-2H3,(H,22,26,27). The average molecular weight is 360 g/mol. The number of hydrogen-bond acceptors (Lipinski definition) is 5. The molecule has 0 spiro atoms. The number of pyridine rings is 1. The summed E-state index contributed by atoms with van der Waals surface area (Å²) in [4.78, 5) is 29.5. The van der Waals surface area contributed by atoms with Gasteiger partial charge in [-0.15, -0.1) is 0 Å². The molecular formula is C19H16N6O2. The molecule has 1 unspecified atom stereocenters. The number of nitriles is 1. The molecule has 1 aliphatic heterocycles. The Kier molecular flexibility index (Phi) is 3.85. The fraction of sp³-hybridized carbons (Fsp3) is 0.211. The second-order valence-corrected chi connectivity index (χ2v) is 6.29. The summed E-state index contributed by atoms with van der Waals surface area (Å²) in [6, 6.07) is 7.12. The molecular weight excluding hydrogens is 344 g/mol. The van der Waals surface area contributed by atoms with Crippen molar-refractivity contribution in [3.05, 3.63) is 48.0 Å². The summed E-state index contributed by atoms with van der Waals surface area (Å²) in [7, 11) is 1.74. The smallest absolute Gasteiger partial charge is 0.261 e. The van der Waals surface area contributed by atoms with Crippen LogP contribution in [0.3, 0.4) is 0 Å². The molecule has 0 saturated heterocycles. The molecule has 4 heterocycles. The predicted octanol–water partition coefficient (Wildman–Crippen LogP) is 1.81. The van der Waals surface area contributed by atoms with Crippen LogP contribution in [-0.2, 0) is 16.6 Å². The van der Waals surface area contributed by atoms with Crippen LogP contribution in [-0.4, -0.2) is 31.1 Å². The zero-order valence-electron chi connectivity index (χ0n) is 14.8. The third kappa shape index (κ3) is 2.52. The minimum atomic E-state index is -0.481. The molecule has 8 nitrogen and oxygen atoms in total. The summed E-state index contributed by atoms with van der Waals surface area (Å²) >= 11 is 0. The van der Waals surface area contributed by atoms with Gasteiger partial charge in [-0.1, -0.05) is 6.92 Å². The van der Waals surface area contributed by atoms with Gasteiger partial charge in [0.15, 0.2) is 0 Å². The first kappa shape index (κ1) is 16.7. The zero-order valence-corrected chi connectivity index (χ0v) is 14.8. The maximum Gasteiger partial charge on any atom is 0.261 e. The Hall–Kier alpha value is -3.73. The third-order valence-corrected chi connectivity index (χ3v) is 4.63. The minimum absolute atomic E-state index is 0.230. The van der Waals surface area contributed by atoms with Gasteiger partial charge in [0.1, 0.15) is 11.7 Å². The van der Waals surface area contributed by atoms with E-state index in [1.807, 2.05) is 13.0 Å². The summed E-state index contributed by atoms with van der Waals surface area (Å²) in [5.41, 5.74) is 2.07. The van der Waals surface area contributed by atoms with Crippen LogP contribution in [0.1, 0.15) is 30.6 Å².